The van der Waals surface area contributed by atoms with Crippen LogP contribution >= 0.6 is 0 Å². The van der Waals surface area contributed by atoms with Gasteiger partial charge < -0.3 is 19.5 Å². The zero-order valence-corrected chi connectivity index (χ0v) is 16.3. The van der Waals surface area contributed by atoms with Crippen molar-refractivity contribution in [3.8, 4) is 17.2 Å². The molecular formula is C18H26N2O6S. The molecule has 27 heavy (non-hydrogen) atoms. The van der Waals surface area contributed by atoms with Crippen molar-refractivity contribution in [2.75, 3.05) is 38.8 Å². The lowest BCUT2D eigenvalue weighted by Gasteiger charge is -2.31. The monoisotopic (exact) mass is 398 g/mol. The van der Waals surface area contributed by atoms with E-state index in [0.29, 0.717) is 56.2 Å². The highest BCUT2D eigenvalue weighted by Crippen LogP contribution is 2.35. The average Bonchev–Trinajstić information content (AvgIpc) is 3.13. The second-order valence-corrected chi connectivity index (χ2v) is 8.76. The topological polar surface area (TPSA) is 94.2 Å². The molecule has 1 N–H and O–H groups in total. The van der Waals surface area contributed by atoms with E-state index in [4.69, 9.17) is 14.2 Å². The van der Waals surface area contributed by atoms with E-state index in [9.17, 15) is 13.2 Å². The Balaban J connectivity index is 1.42. The lowest BCUT2D eigenvalue weighted by molar-refractivity contribution is -0.126. The molecule has 0 aromatic heterocycles. The molecule has 1 aromatic carbocycles. The highest BCUT2D eigenvalue weighted by atomic mass is 32.2. The molecule has 1 aromatic rings. The minimum absolute atomic E-state index is 0.124. The lowest BCUT2D eigenvalue weighted by atomic mass is 9.99. The van der Waals surface area contributed by atoms with Crippen LogP contribution in [-0.4, -0.2) is 57.4 Å². The Labute approximate surface area is 159 Å². The van der Waals surface area contributed by atoms with Gasteiger partial charge in [0.25, 0.3) is 0 Å². The van der Waals surface area contributed by atoms with Crippen LogP contribution < -0.4 is 19.5 Å². The molecule has 1 saturated heterocycles. The molecule has 1 fully saturated rings. The number of carbonyl (C=O) groups is 1. The smallest absolute Gasteiger partial charge is 0.231 e. The maximum Gasteiger partial charge on any atom is 0.231 e. The third kappa shape index (κ3) is 5.04. The molecular weight excluding hydrogens is 372 g/mol. The standard InChI is InChI=1S/C18H26N2O6S/c1-2-10-27(22,23)20-8-3-4-14(12-20)18(21)19-7-9-24-15-5-6-16-17(11-15)26-13-25-16/h5-6,11,14H,2-4,7-10,12-13H2,1H3,(H,19,21). The van der Waals surface area contributed by atoms with Gasteiger partial charge >= 0.3 is 0 Å². The van der Waals surface area contributed by atoms with Crippen LogP contribution in [0.4, 0.5) is 0 Å². The van der Waals surface area contributed by atoms with Crippen molar-refractivity contribution in [3.05, 3.63) is 18.2 Å². The largest absolute Gasteiger partial charge is 0.492 e. The van der Waals surface area contributed by atoms with Gasteiger partial charge in [0.1, 0.15) is 12.4 Å². The number of hydrogen-bond acceptors (Lipinski definition) is 6. The van der Waals surface area contributed by atoms with Crippen molar-refractivity contribution in [2.24, 2.45) is 5.92 Å². The predicted molar refractivity (Wildman–Crippen MR) is 99.4 cm³/mol. The summed E-state index contributed by atoms with van der Waals surface area (Å²) in [6.07, 6.45) is 1.98. The molecule has 0 radical (unpaired) electrons. The average molecular weight is 398 g/mol. The van der Waals surface area contributed by atoms with E-state index in [-0.39, 0.29) is 30.9 Å². The predicted octanol–water partition coefficient (Wildman–Crippen LogP) is 1.36. The Hall–Kier alpha value is -2.00. The van der Waals surface area contributed by atoms with Crippen LogP contribution in [0.15, 0.2) is 18.2 Å². The van der Waals surface area contributed by atoms with Gasteiger partial charge in [0.2, 0.25) is 22.7 Å². The van der Waals surface area contributed by atoms with Crippen LogP contribution in [0.2, 0.25) is 0 Å². The molecule has 2 aliphatic heterocycles. The van der Waals surface area contributed by atoms with Crippen molar-refractivity contribution >= 4 is 15.9 Å². The van der Waals surface area contributed by atoms with Crippen molar-refractivity contribution in [1.29, 1.82) is 0 Å². The van der Waals surface area contributed by atoms with E-state index in [2.05, 4.69) is 5.32 Å². The van der Waals surface area contributed by atoms with Gasteiger partial charge in [0.15, 0.2) is 11.5 Å². The summed E-state index contributed by atoms with van der Waals surface area (Å²) < 4.78 is 42.0. The fraction of sp³-hybridized carbons (Fsp3) is 0.611. The number of nitrogens with one attached hydrogen (secondary N) is 1. The number of fused-ring (bicyclic) bond motifs is 1. The Bertz CT molecular complexity index is 767. The van der Waals surface area contributed by atoms with E-state index in [0.717, 1.165) is 0 Å². The summed E-state index contributed by atoms with van der Waals surface area (Å²) in [6, 6.07) is 5.32. The van der Waals surface area contributed by atoms with Crippen LogP contribution in [0.3, 0.4) is 0 Å². The second-order valence-electron chi connectivity index (χ2n) is 6.67. The number of sulfonamides is 1. The van der Waals surface area contributed by atoms with Crippen LogP contribution in [0.25, 0.3) is 0 Å². The number of piperidine rings is 1. The summed E-state index contributed by atoms with van der Waals surface area (Å²) in [5.74, 6) is 1.67. The molecule has 1 atom stereocenters. The minimum atomic E-state index is -3.26. The van der Waals surface area contributed by atoms with Crippen molar-refractivity contribution in [1.82, 2.24) is 9.62 Å². The Kier molecular flexibility index (Phi) is 6.43. The lowest BCUT2D eigenvalue weighted by Crippen LogP contribution is -2.46. The molecule has 2 aliphatic rings. The minimum Gasteiger partial charge on any atom is -0.492 e. The first-order valence-corrected chi connectivity index (χ1v) is 10.9. The van der Waals surface area contributed by atoms with Gasteiger partial charge in [-0.3, -0.25) is 4.79 Å². The summed E-state index contributed by atoms with van der Waals surface area (Å²) in [4.78, 5) is 12.4. The molecule has 0 aliphatic carbocycles. The number of nitrogens with zero attached hydrogens (tertiary/aromatic N) is 1. The van der Waals surface area contributed by atoms with Gasteiger partial charge in [0.05, 0.1) is 18.2 Å². The van der Waals surface area contributed by atoms with E-state index < -0.39 is 10.0 Å². The normalized spacial score (nSPS) is 19.7. The first-order valence-electron chi connectivity index (χ1n) is 9.27. The number of hydrogen-bond donors (Lipinski definition) is 1. The maximum atomic E-state index is 12.4. The van der Waals surface area contributed by atoms with Crippen molar-refractivity contribution in [3.63, 3.8) is 0 Å². The number of benzene rings is 1. The van der Waals surface area contributed by atoms with Gasteiger partial charge in [-0.05, 0) is 31.4 Å². The van der Waals surface area contributed by atoms with Crippen molar-refractivity contribution in [2.45, 2.75) is 26.2 Å². The molecule has 9 heteroatoms. The number of ether oxygens (including phenoxy) is 3. The summed E-state index contributed by atoms with van der Waals surface area (Å²) in [5, 5.41) is 2.84. The van der Waals surface area contributed by atoms with Crippen LogP contribution in [0.5, 0.6) is 17.2 Å². The summed E-state index contributed by atoms with van der Waals surface area (Å²) in [5.41, 5.74) is 0. The Morgan fingerprint density at radius 1 is 1.33 bits per heavy atom. The van der Waals surface area contributed by atoms with Crippen LogP contribution in [0.1, 0.15) is 26.2 Å². The van der Waals surface area contributed by atoms with Gasteiger partial charge in [-0.1, -0.05) is 6.92 Å². The Morgan fingerprint density at radius 3 is 2.96 bits per heavy atom. The van der Waals surface area contributed by atoms with Crippen LogP contribution in [-0.2, 0) is 14.8 Å². The number of rotatable bonds is 8. The fourth-order valence-corrected chi connectivity index (χ4v) is 4.84. The molecule has 0 spiro atoms. The third-order valence-corrected chi connectivity index (χ3v) is 6.67. The van der Waals surface area contributed by atoms with E-state index in [1.54, 1.807) is 18.2 Å². The summed E-state index contributed by atoms with van der Waals surface area (Å²) >= 11 is 0. The number of amides is 1. The molecule has 3 rings (SSSR count). The van der Waals surface area contributed by atoms with Gasteiger partial charge in [0, 0.05) is 19.2 Å². The molecule has 1 unspecified atom stereocenters. The fourth-order valence-electron chi connectivity index (χ4n) is 3.25. The highest BCUT2D eigenvalue weighted by molar-refractivity contribution is 7.89. The van der Waals surface area contributed by atoms with Crippen LogP contribution in [0, 0.1) is 5.92 Å². The first kappa shape index (κ1) is 19.8. The SMILES string of the molecule is CCCS(=O)(=O)N1CCCC(C(=O)NCCOc2ccc3c(c2)OCO3)C1. The van der Waals surface area contributed by atoms with E-state index >= 15 is 0 Å². The second kappa shape index (κ2) is 8.79. The van der Waals surface area contributed by atoms with E-state index in [1.807, 2.05) is 6.92 Å². The van der Waals surface area contributed by atoms with Gasteiger partial charge in [-0.2, -0.15) is 0 Å². The molecule has 0 saturated carbocycles. The molecule has 8 nitrogen and oxygen atoms in total. The quantitative estimate of drug-likeness (QED) is 0.665. The molecule has 2 heterocycles. The van der Waals surface area contributed by atoms with Crippen molar-refractivity contribution < 1.29 is 27.4 Å². The maximum absolute atomic E-state index is 12.4. The van der Waals surface area contributed by atoms with E-state index in [1.165, 1.54) is 4.31 Å². The van der Waals surface area contributed by atoms with Gasteiger partial charge in [-0.15, -0.1) is 0 Å². The third-order valence-electron chi connectivity index (χ3n) is 4.62. The van der Waals surface area contributed by atoms with Gasteiger partial charge in [-0.25, -0.2) is 12.7 Å². The molecule has 150 valence electrons. The first-order chi connectivity index (χ1) is 13.0. The summed E-state index contributed by atoms with van der Waals surface area (Å²) in [7, 11) is -3.26. The summed E-state index contributed by atoms with van der Waals surface area (Å²) in [6.45, 7) is 3.48. The molecule has 0 bridgehead atoms. The zero-order valence-electron chi connectivity index (χ0n) is 15.5. The Morgan fingerprint density at radius 2 is 2.15 bits per heavy atom. The highest BCUT2D eigenvalue weighted by Gasteiger charge is 2.31. The zero-order chi connectivity index (χ0) is 19.3. The molecule has 1 amide bonds. The number of carbonyl (C=O) groups excluding carboxylic acids is 1.